The molecule has 1 saturated heterocycles. The van der Waals surface area contributed by atoms with Gasteiger partial charge < -0.3 is 5.11 Å². The van der Waals surface area contributed by atoms with E-state index in [0.717, 1.165) is 29.6 Å². The minimum atomic E-state index is -0.713. The summed E-state index contributed by atoms with van der Waals surface area (Å²) in [6.45, 7) is 1.87. The summed E-state index contributed by atoms with van der Waals surface area (Å²) in [5.41, 5.74) is 1.27. The van der Waals surface area contributed by atoms with Gasteiger partial charge in [0.25, 0.3) is 0 Å². The molecule has 0 aromatic heterocycles. The predicted octanol–water partition coefficient (Wildman–Crippen LogP) is 3.72. The molecule has 1 atom stereocenters. The number of aliphatic carboxylic acids is 1. The van der Waals surface area contributed by atoms with Crippen molar-refractivity contribution in [3.63, 3.8) is 0 Å². The highest BCUT2D eigenvalue weighted by molar-refractivity contribution is 7.99. The molecule has 1 heterocycles. The standard InChI is InChI=1S/C14H18ClNO2S.ClH/c15-12-5-3-11(4-6-12)13-10-19-9-8-16(13)7-1-2-14(17)18;/h3-6,13H,1-2,7-10H2,(H,17,18);1H. The summed E-state index contributed by atoms with van der Waals surface area (Å²) in [5.74, 6) is 1.47. The third kappa shape index (κ3) is 5.17. The second kappa shape index (κ2) is 8.78. The molecule has 0 radical (unpaired) electrons. The van der Waals surface area contributed by atoms with Crippen LogP contribution >= 0.6 is 35.8 Å². The molecule has 1 aromatic rings. The van der Waals surface area contributed by atoms with Crippen LogP contribution < -0.4 is 0 Å². The van der Waals surface area contributed by atoms with E-state index in [-0.39, 0.29) is 18.8 Å². The first-order chi connectivity index (χ1) is 9.16. The fourth-order valence-electron chi connectivity index (χ4n) is 2.33. The third-order valence-electron chi connectivity index (χ3n) is 3.33. The molecule has 2 rings (SSSR count). The van der Waals surface area contributed by atoms with Crippen LogP contribution in [-0.4, -0.2) is 40.6 Å². The van der Waals surface area contributed by atoms with E-state index in [2.05, 4.69) is 17.0 Å². The Labute approximate surface area is 135 Å². The van der Waals surface area contributed by atoms with Gasteiger partial charge in [-0.3, -0.25) is 9.69 Å². The quantitative estimate of drug-likeness (QED) is 0.890. The van der Waals surface area contributed by atoms with Crippen LogP contribution in [0.15, 0.2) is 24.3 Å². The van der Waals surface area contributed by atoms with Crippen molar-refractivity contribution in [3.8, 4) is 0 Å². The second-order valence-electron chi connectivity index (χ2n) is 4.68. The largest absolute Gasteiger partial charge is 0.481 e. The van der Waals surface area contributed by atoms with Crippen molar-refractivity contribution in [2.24, 2.45) is 0 Å². The number of benzene rings is 1. The number of halogens is 2. The Bertz CT molecular complexity index is 428. The maximum atomic E-state index is 10.6. The average Bonchev–Trinajstić information content (AvgIpc) is 2.40. The fourth-order valence-corrected chi connectivity index (χ4v) is 3.61. The number of carbonyl (C=O) groups is 1. The summed E-state index contributed by atoms with van der Waals surface area (Å²) in [5, 5.41) is 9.47. The van der Waals surface area contributed by atoms with Crippen LogP contribution in [0.5, 0.6) is 0 Å². The van der Waals surface area contributed by atoms with Crippen molar-refractivity contribution in [1.29, 1.82) is 0 Å². The van der Waals surface area contributed by atoms with Gasteiger partial charge in [0.05, 0.1) is 0 Å². The predicted molar refractivity (Wildman–Crippen MR) is 87.2 cm³/mol. The molecule has 112 valence electrons. The first kappa shape index (κ1) is 17.6. The Balaban J connectivity index is 0.00000200. The number of hydrogen-bond donors (Lipinski definition) is 1. The van der Waals surface area contributed by atoms with E-state index in [1.807, 2.05) is 23.9 Å². The van der Waals surface area contributed by atoms with E-state index in [4.69, 9.17) is 16.7 Å². The number of carboxylic acids is 1. The average molecular weight is 336 g/mol. The fraction of sp³-hybridized carbons (Fsp3) is 0.500. The van der Waals surface area contributed by atoms with Gasteiger partial charge in [-0.15, -0.1) is 12.4 Å². The van der Waals surface area contributed by atoms with Crippen molar-refractivity contribution >= 4 is 41.7 Å². The molecule has 0 bridgehead atoms. The lowest BCUT2D eigenvalue weighted by molar-refractivity contribution is -0.137. The van der Waals surface area contributed by atoms with E-state index in [0.29, 0.717) is 12.5 Å². The Kier molecular flexibility index (Phi) is 7.74. The molecular formula is C14H19Cl2NO2S. The molecule has 0 spiro atoms. The van der Waals surface area contributed by atoms with Crippen LogP contribution in [0.2, 0.25) is 5.02 Å². The van der Waals surface area contributed by atoms with Gasteiger partial charge in [-0.1, -0.05) is 23.7 Å². The molecule has 0 aliphatic carbocycles. The molecule has 0 saturated carbocycles. The Hall–Kier alpha value is -0.420. The van der Waals surface area contributed by atoms with Gasteiger partial charge in [0.15, 0.2) is 0 Å². The van der Waals surface area contributed by atoms with Crippen LogP contribution in [-0.2, 0) is 4.79 Å². The number of carboxylic acid groups (broad SMARTS) is 1. The molecule has 1 aliphatic heterocycles. The molecule has 0 amide bonds. The maximum Gasteiger partial charge on any atom is 0.303 e. The summed E-state index contributed by atoms with van der Waals surface area (Å²) in [7, 11) is 0. The van der Waals surface area contributed by atoms with Gasteiger partial charge in [-0.25, -0.2) is 0 Å². The smallest absolute Gasteiger partial charge is 0.303 e. The van der Waals surface area contributed by atoms with Gasteiger partial charge in [-0.05, 0) is 30.7 Å². The Morgan fingerprint density at radius 2 is 2.10 bits per heavy atom. The van der Waals surface area contributed by atoms with Crippen LogP contribution in [0.4, 0.5) is 0 Å². The number of thioether (sulfide) groups is 1. The van der Waals surface area contributed by atoms with E-state index in [9.17, 15) is 4.79 Å². The molecule has 1 N–H and O–H groups in total. The molecule has 1 unspecified atom stereocenters. The van der Waals surface area contributed by atoms with Gasteiger partial charge in [-0.2, -0.15) is 11.8 Å². The van der Waals surface area contributed by atoms with Gasteiger partial charge in [0, 0.05) is 35.5 Å². The third-order valence-corrected chi connectivity index (χ3v) is 4.60. The monoisotopic (exact) mass is 335 g/mol. The Morgan fingerprint density at radius 1 is 1.40 bits per heavy atom. The molecule has 1 aliphatic rings. The molecule has 3 nitrogen and oxygen atoms in total. The Morgan fingerprint density at radius 3 is 2.75 bits per heavy atom. The van der Waals surface area contributed by atoms with E-state index < -0.39 is 5.97 Å². The van der Waals surface area contributed by atoms with E-state index in [1.54, 1.807) is 0 Å². The van der Waals surface area contributed by atoms with Crippen LogP contribution in [0.25, 0.3) is 0 Å². The zero-order valence-corrected chi connectivity index (χ0v) is 13.5. The zero-order valence-electron chi connectivity index (χ0n) is 11.1. The first-order valence-corrected chi connectivity index (χ1v) is 7.99. The van der Waals surface area contributed by atoms with Crippen molar-refractivity contribution in [1.82, 2.24) is 4.90 Å². The first-order valence-electron chi connectivity index (χ1n) is 6.46. The van der Waals surface area contributed by atoms with Crippen LogP contribution in [0.3, 0.4) is 0 Å². The normalized spacial score (nSPS) is 19.4. The SMILES string of the molecule is Cl.O=C(O)CCCN1CCSCC1c1ccc(Cl)cc1. The summed E-state index contributed by atoms with van der Waals surface area (Å²) in [6, 6.07) is 8.37. The summed E-state index contributed by atoms with van der Waals surface area (Å²) >= 11 is 7.88. The minimum absolute atomic E-state index is 0. The van der Waals surface area contributed by atoms with Crippen molar-refractivity contribution < 1.29 is 9.90 Å². The number of hydrogen-bond acceptors (Lipinski definition) is 3. The highest BCUT2D eigenvalue weighted by atomic mass is 35.5. The summed E-state index contributed by atoms with van der Waals surface area (Å²) in [6.07, 6.45) is 0.959. The topological polar surface area (TPSA) is 40.5 Å². The van der Waals surface area contributed by atoms with E-state index in [1.165, 1.54) is 5.56 Å². The lowest BCUT2D eigenvalue weighted by Gasteiger charge is -2.35. The molecule has 1 fully saturated rings. The van der Waals surface area contributed by atoms with Gasteiger partial charge in [0.2, 0.25) is 0 Å². The molecule has 20 heavy (non-hydrogen) atoms. The highest BCUT2D eigenvalue weighted by Crippen LogP contribution is 2.30. The minimum Gasteiger partial charge on any atom is -0.481 e. The summed E-state index contributed by atoms with van der Waals surface area (Å²) in [4.78, 5) is 13.0. The lowest BCUT2D eigenvalue weighted by Crippen LogP contribution is -2.37. The molecule has 1 aromatic carbocycles. The van der Waals surface area contributed by atoms with Crippen LogP contribution in [0.1, 0.15) is 24.4 Å². The number of rotatable bonds is 5. The molecular weight excluding hydrogens is 317 g/mol. The summed E-state index contributed by atoms with van der Waals surface area (Å²) < 4.78 is 0. The van der Waals surface area contributed by atoms with Crippen molar-refractivity contribution in [2.75, 3.05) is 24.6 Å². The maximum absolute atomic E-state index is 10.6. The van der Waals surface area contributed by atoms with Gasteiger partial charge in [0.1, 0.15) is 0 Å². The lowest BCUT2D eigenvalue weighted by atomic mass is 10.1. The second-order valence-corrected chi connectivity index (χ2v) is 6.26. The van der Waals surface area contributed by atoms with E-state index >= 15 is 0 Å². The van der Waals surface area contributed by atoms with Crippen molar-refractivity contribution in [3.05, 3.63) is 34.9 Å². The number of nitrogens with zero attached hydrogens (tertiary/aromatic N) is 1. The van der Waals surface area contributed by atoms with Gasteiger partial charge >= 0.3 is 5.97 Å². The molecule has 6 heteroatoms. The van der Waals surface area contributed by atoms with Crippen molar-refractivity contribution in [2.45, 2.75) is 18.9 Å². The zero-order chi connectivity index (χ0) is 13.7. The highest BCUT2D eigenvalue weighted by Gasteiger charge is 2.23. The van der Waals surface area contributed by atoms with Crippen LogP contribution in [0, 0.1) is 0 Å².